The summed E-state index contributed by atoms with van der Waals surface area (Å²) in [6, 6.07) is 29.3. The molecule has 0 bridgehead atoms. The van der Waals surface area contributed by atoms with Gasteiger partial charge in [-0.15, -0.1) is 0 Å². The van der Waals surface area contributed by atoms with Crippen LogP contribution in [0.15, 0.2) is 103 Å². The third-order valence-electron chi connectivity index (χ3n) is 5.33. The van der Waals surface area contributed by atoms with E-state index in [0.717, 1.165) is 33.3 Å². The van der Waals surface area contributed by atoms with Crippen molar-refractivity contribution in [2.45, 2.75) is 0 Å². The molecule has 0 saturated heterocycles. The summed E-state index contributed by atoms with van der Waals surface area (Å²) in [4.78, 5) is 15.4. The number of fused-ring (bicyclic) bond motifs is 1. The number of anilines is 1. The molecule has 150 valence electrons. The van der Waals surface area contributed by atoms with E-state index in [4.69, 9.17) is 23.2 Å². The zero-order chi connectivity index (χ0) is 21.4. The van der Waals surface area contributed by atoms with E-state index in [1.165, 1.54) is 0 Å². The third-order valence-corrected chi connectivity index (χ3v) is 5.90. The zero-order valence-corrected chi connectivity index (χ0v) is 17.9. The molecule has 0 saturated carbocycles. The largest absolute Gasteiger partial charge is 0.276 e. The molecule has 2 nitrogen and oxygen atoms in total. The minimum absolute atomic E-state index is 0.0961. The number of carbonyl (C=O) groups is 1. The fourth-order valence-corrected chi connectivity index (χ4v) is 4.33. The highest BCUT2D eigenvalue weighted by atomic mass is 35.5. The Morgan fingerprint density at radius 2 is 1.52 bits per heavy atom. The van der Waals surface area contributed by atoms with Crippen molar-refractivity contribution in [1.29, 1.82) is 0 Å². The molecule has 0 fully saturated rings. The van der Waals surface area contributed by atoms with Gasteiger partial charge in [-0.2, -0.15) is 0 Å². The van der Waals surface area contributed by atoms with E-state index >= 15 is 0 Å². The summed E-state index contributed by atoms with van der Waals surface area (Å²) < 4.78 is 0. The van der Waals surface area contributed by atoms with Crippen LogP contribution in [0.2, 0.25) is 10.0 Å². The van der Waals surface area contributed by atoms with Gasteiger partial charge in [0.2, 0.25) is 0 Å². The Bertz CT molecular complexity index is 1370. The fraction of sp³-hybridized carbons (Fsp3) is 0. The van der Waals surface area contributed by atoms with Gasteiger partial charge in [0.05, 0.1) is 11.4 Å². The van der Waals surface area contributed by atoms with Crippen LogP contribution < -0.4 is 4.90 Å². The third kappa shape index (κ3) is 3.65. The first-order chi connectivity index (χ1) is 15.1. The molecule has 31 heavy (non-hydrogen) atoms. The lowest BCUT2D eigenvalue weighted by Crippen LogP contribution is -2.25. The Labute approximate surface area is 190 Å². The van der Waals surface area contributed by atoms with Gasteiger partial charge >= 0.3 is 0 Å². The zero-order valence-electron chi connectivity index (χ0n) is 16.4. The van der Waals surface area contributed by atoms with Gasteiger partial charge in [0.15, 0.2) is 0 Å². The van der Waals surface area contributed by atoms with Gasteiger partial charge in [0.1, 0.15) is 0 Å². The van der Waals surface area contributed by atoms with Gasteiger partial charge in [0.25, 0.3) is 5.91 Å². The average molecular weight is 442 g/mol. The number of carbonyl (C=O) groups excluding carboxylic acids is 1. The fourth-order valence-electron chi connectivity index (χ4n) is 3.87. The Morgan fingerprint density at radius 3 is 2.32 bits per heavy atom. The van der Waals surface area contributed by atoms with Crippen LogP contribution in [0.1, 0.15) is 11.1 Å². The summed E-state index contributed by atoms with van der Waals surface area (Å²) in [6.07, 6.45) is 3.74. The van der Waals surface area contributed by atoms with E-state index in [9.17, 15) is 4.79 Å². The summed E-state index contributed by atoms with van der Waals surface area (Å²) in [7, 11) is 0. The van der Waals surface area contributed by atoms with Crippen LogP contribution in [-0.4, -0.2) is 5.91 Å². The first-order valence-electron chi connectivity index (χ1n) is 9.88. The Balaban J connectivity index is 1.69. The average Bonchev–Trinajstić information content (AvgIpc) is 3.11. The number of halogens is 2. The van der Waals surface area contributed by atoms with Crippen molar-refractivity contribution in [3.63, 3.8) is 0 Å². The highest BCUT2D eigenvalue weighted by Crippen LogP contribution is 2.39. The minimum atomic E-state index is -0.0961. The number of nitrogens with zero attached hydrogens (tertiary/aromatic N) is 1. The standard InChI is InChI=1S/C27H17Cl2NO/c28-22-14-13-20(24(29)17-22)15-21-16-26(19-8-2-1-3-9-19)30(27(21)31)25-12-6-10-18-7-4-5-11-23(18)25/h1-17H/b21-15+. The number of hydrogen-bond donors (Lipinski definition) is 0. The molecule has 1 heterocycles. The monoisotopic (exact) mass is 441 g/mol. The Morgan fingerprint density at radius 1 is 0.774 bits per heavy atom. The second-order valence-electron chi connectivity index (χ2n) is 7.30. The van der Waals surface area contributed by atoms with Crippen LogP contribution >= 0.6 is 23.2 Å². The molecule has 5 rings (SSSR count). The molecule has 4 aromatic carbocycles. The summed E-state index contributed by atoms with van der Waals surface area (Å²) in [6.45, 7) is 0. The van der Waals surface area contributed by atoms with Crippen molar-refractivity contribution in [2.24, 2.45) is 0 Å². The molecule has 0 aliphatic carbocycles. The number of benzene rings is 4. The lowest BCUT2D eigenvalue weighted by molar-refractivity contribution is -0.113. The molecule has 4 heteroatoms. The lowest BCUT2D eigenvalue weighted by atomic mass is 10.1. The second-order valence-corrected chi connectivity index (χ2v) is 8.14. The number of rotatable bonds is 3. The normalized spacial score (nSPS) is 15.0. The minimum Gasteiger partial charge on any atom is -0.276 e. The predicted molar refractivity (Wildman–Crippen MR) is 130 cm³/mol. The summed E-state index contributed by atoms with van der Waals surface area (Å²) >= 11 is 12.4. The second kappa shape index (κ2) is 8.07. The van der Waals surface area contributed by atoms with Crippen molar-refractivity contribution in [3.8, 4) is 0 Å². The molecule has 0 N–H and O–H groups in total. The van der Waals surface area contributed by atoms with Crippen LogP contribution in [0.4, 0.5) is 5.69 Å². The molecule has 0 atom stereocenters. The van der Waals surface area contributed by atoms with Crippen molar-refractivity contribution in [3.05, 3.63) is 124 Å². The topological polar surface area (TPSA) is 20.3 Å². The highest BCUT2D eigenvalue weighted by molar-refractivity contribution is 6.36. The summed E-state index contributed by atoms with van der Waals surface area (Å²) in [5, 5.41) is 3.17. The van der Waals surface area contributed by atoms with Gasteiger partial charge in [0, 0.05) is 21.0 Å². The molecule has 1 aliphatic heterocycles. The first kappa shape index (κ1) is 19.6. The summed E-state index contributed by atoms with van der Waals surface area (Å²) in [5.41, 5.74) is 3.96. The number of amides is 1. The van der Waals surface area contributed by atoms with Gasteiger partial charge in [-0.05, 0) is 46.9 Å². The van der Waals surface area contributed by atoms with Crippen molar-refractivity contribution in [1.82, 2.24) is 0 Å². The van der Waals surface area contributed by atoms with Gasteiger partial charge in [-0.1, -0.05) is 96.0 Å². The first-order valence-corrected chi connectivity index (χ1v) is 10.6. The van der Waals surface area contributed by atoms with E-state index in [-0.39, 0.29) is 5.91 Å². The number of hydrogen-bond acceptors (Lipinski definition) is 1. The van der Waals surface area contributed by atoms with Crippen LogP contribution in [0.3, 0.4) is 0 Å². The van der Waals surface area contributed by atoms with Crippen LogP contribution in [0, 0.1) is 0 Å². The maximum Gasteiger partial charge on any atom is 0.262 e. The van der Waals surface area contributed by atoms with E-state index < -0.39 is 0 Å². The molecule has 0 radical (unpaired) electrons. The molecular formula is C27H17Cl2NO. The van der Waals surface area contributed by atoms with Crippen LogP contribution in [0.25, 0.3) is 22.5 Å². The maximum absolute atomic E-state index is 13.7. The molecule has 1 amide bonds. The van der Waals surface area contributed by atoms with E-state index in [1.807, 2.05) is 78.9 Å². The molecule has 1 aliphatic rings. The van der Waals surface area contributed by atoms with Gasteiger partial charge in [-0.3, -0.25) is 9.69 Å². The lowest BCUT2D eigenvalue weighted by Gasteiger charge is -2.22. The predicted octanol–water partition coefficient (Wildman–Crippen LogP) is 7.62. The van der Waals surface area contributed by atoms with Gasteiger partial charge in [-0.25, -0.2) is 0 Å². The summed E-state index contributed by atoms with van der Waals surface area (Å²) in [5.74, 6) is -0.0961. The van der Waals surface area contributed by atoms with Crippen molar-refractivity contribution in [2.75, 3.05) is 4.90 Å². The Hall–Kier alpha value is -3.33. The Kier molecular flexibility index (Phi) is 5.11. The maximum atomic E-state index is 13.7. The molecule has 0 spiro atoms. The van der Waals surface area contributed by atoms with Crippen LogP contribution in [-0.2, 0) is 4.79 Å². The van der Waals surface area contributed by atoms with Gasteiger partial charge < -0.3 is 0 Å². The van der Waals surface area contributed by atoms with Crippen LogP contribution in [0.5, 0.6) is 0 Å². The molecular weight excluding hydrogens is 425 g/mol. The molecule has 4 aromatic rings. The highest BCUT2D eigenvalue weighted by Gasteiger charge is 2.31. The smallest absolute Gasteiger partial charge is 0.262 e. The van der Waals surface area contributed by atoms with Crippen molar-refractivity contribution < 1.29 is 4.79 Å². The molecule has 0 unspecified atom stereocenters. The van der Waals surface area contributed by atoms with E-state index in [1.54, 1.807) is 17.0 Å². The van der Waals surface area contributed by atoms with E-state index in [0.29, 0.717) is 15.6 Å². The van der Waals surface area contributed by atoms with E-state index in [2.05, 4.69) is 12.1 Å². The van der Waals surface area contributed by atoms with Crippen molar-refractivity contribution >= 4 is 57.3 Å². The quantitative estimate of drug-likeness (QED) is 0.299. The SMILES string of the molecule is O=C1/C(=C/c2ccc(Cl)cc2Cl)C=C(c2ccccc2)N1c1cccc2ccccc12. The molecule has 0 aromatic heterocycles.